The molecule has 118 valence electrons. The summed E-state index contributed by atoms with van der Waals surface area (Å²) in [6.07, 6.45) is 3.36. The highest BCUT2D eigenvalue weighted by atomic mass is 32.1. The molecular formula is C15H25N3O2S. The summed E-state index contributed by atoms with van der Waals surface area (Å²) in [7, 11) is 0. The first kappa shape index (κ1) is 16.1. The summed E-state index contributed by atoms with van der Waals surface area (Å²) in [5.41, 5.74) is 6.43. The Labute approximate surface area is 130 Å². The van der Waals surface area contributed by atoms with Crippen LogP contribution in [0.4, 0.5) is 9.93 Å². The van der Waals surface area contributed by atoms with Crippen LogP contribution < -0.4 is 5.73 Å². The second-order valence-electron chi connectivity index (χ2n) is 6.49. The van der Waals surface area contributed by atoms with Crippen LogP contribution in [0.15, 0.2) is 0 Å². The van der Waals surface area contributed by atoms with Crippen LogP contribution in [0.3, 0.4) is 0 Å². The van der Waals surface area contributed by atoms with Gasteiger partial charge in [-0.2, -0.15) is 0 Å². The van der Waals surface area contributed by atoms with Crippen LogP contribution >= 0.6 is 11.3 Å². The van der Waals surface area contributed by atoms with Crippen molar-refractivity contribution >= 4 is 22.6 Å². The van der Waals surface area contributed by atoms with Crippen LogP contribution in [0, 0.1) is 0 Å². The Morgan fingerprint density at radius 3 is 2.86 bits per heavy atom. The van der Waals surface area contributed by atoms with Gasteiger partial charge in [0.15, 0.2) is 5.13 Å². The number of rotatable bonds is 3. The van der Waals surface area contributed by atoms with Gasteiger partial charge in [-0.15, -0.1) is 11.3 Å². The normalized spacial score (nSPS) is 18.2. The highest BCUT2D eigenvalue weighted by Gasteiger charge is 2.31. The van der Waals surface area contributed by atoms with E-state index >= 15 is 0 Å². The number of amides is 1. The molecular weight excluding hydrogens is 286 g/mol. The zero-order valence-electron chi connectivity index (χ0n) is 13.3. The van der Waals surface area contributed by atoms with Crippen LogP contribution in [0.5, 0.6) is 0 Å². The van der Waals surface area contributed by atoms with Gasteiger partial charge in [0.1, 0.15) is 5.60 Å². The number of carbonyl (C=O) groups excluding carboxylic acids is 1. The third-order valence-corrected chi connectivity index (χ3v) is 4.41. The molecule has 1 amide bonds. The van der Waals surface area contributed by atoms with Gasteiger partial charge in [0, 0.05) is 23.9 Å². The molecule has 0 aromatic carbocycles. The summed E-state index contributed by atoms with van der Waals surface area (Å²) in [4.78, 5) is 19.9. The molecule has 21 heavy (non-hydrogen) atoms. The fourth-order valence-electron chi connectivity index (χ4n) is 2.63. The largest absolute Gasteiger partial charge is 0.444 e. The number of nitrogens with zero attached hydrogens (tertiary/aromatic N) is 2. The van der Waals surface area contributed by atoms with Crippen molar-refractivity contribution in [1.82, 2.24) is 9.88 Å². The minimum Gasteiger partial charge on any atom is -0.444 e. The van der Waals surface area contributed by atoms with E-state index in [4.69, 9.17) is 10.5 Å². The molecule has 1 heterocycles. The maximum Gasteiger partial charge on any atom is 0.410 e. The van der Waals surface area contributed by atoms with E-state index in [1.165, 1.54) is 4.88 Å². The molecule has 5 nitrogen and oxygen atoms in total. The number of aryl methyl sites for hydroxylation is 1. The molecule has 2 N–H and O–H groups in total. The zero-order chi connectivity index (χ0) is 15.6. The predicted octanol–water partition coefficient (Wildman–Crippen LogP) is 3.23. The Bertz CT molecular complexity index is 508. The van der Waals surface area contributed by atoms with Crippen LogP contribution in [0.25, 0.3) is 0 Å². The second-order valence-corrected chi connectivity index (χ2v) is 7.61. The van der Waals surface area contributed by atoms with E-state index < -0.39 is 5.60 Å². The molecule has 0 spiro atoms. The van der Waals surface area contributed by atoms with Crippen molar-refractivity contribution in [3.8, 4) is 0 Å². The topological polar surface area (TPSA) is 68.5 Å². The maximum atomic E-state index is 12.4. The van der Waals surface area contributed by atoms with Gasteiger partial charge in [-0.1, -0.05) is 6.92 Å². The first-order chi connectivity index (χ1) is 9.80. The van der Waals surface area contributed by atoms with Gasteiger partial charge >= 0.3 is 6.09 Å². The molecule has 0 unspecified atom stereocenters. The van der Waals surface area contributed by atoms with Crippen LogP contribution in [-0.4, -0.2) is 34.2 Å². The molecule has 0 aliphatic heterocycles. The van der Waals surface area contributed by atoms with Crippen molar-refractivity contribution in [2.24, 2.45) is 0 Å². The van der Waals surface area contributed by atoms with Gasteiger partial charge in [-0.25, -0.2) is 9.78 Å². The molecule has 1 aliphatic rings. The Morgan fingerprint density at radius 1 is 1.52 bits per heavy atom. The Hall–Kier alpha value is -1.30. The second kappa shape index (κ2) is 6.22. The molecule has 0 fully saturated rings. The minimum atomic E-state index is -0.460. The summed E-state index contributed by atoms with van der Waals surface area (Å²) >= 11 is 1.54. The first-order valence-corrected chi connectivity index (χ1v) is 8.35. The number of anilines is 1. The van der Waals surface area contributed by atoms with E-state index in [9.17, 15) is 4.79 Å². The molecule has 0 radical (unpaired) electrons. The Balaban J connectivity index is 2.10. The molecule has 1 atom stereocenters. The van der Waals surface area contributed by atoms with Gasteiger partial charge in [0.2, 0.25) is 0 Å². The molecule has 1 aliphatic carbocycles. The summed E-state index contributed by atoms with van der Waals surface area (Å²) in [5.74, 6) is 0. The Kier molecular flexibility index (Phi) is 4.76. The SMILES string of the molecule is CCCN(C(=O)OC(C)(C)C)[C@H]1CCc2nc(N)sc2C1. The number of nitrogens with two attached hydrogens (primary N) is 1. The fraction of sp³-hybridized carbons (Fsp3) is 0.733. The van der Waals surface area contributed by atoms with E-state index in [1.807, 2.05) is 25.7 Å². The van der Waals surface area contributed by atoms with E-state index in [2.05, 4.69) is 11.9 Å². The summed E-state index contributed by atoms with van der Waals surface area (Å²) in [5, 5.41) is 0.625. The number of hydrogen-bond donors (Lipinski definition) is 1. The minimum absolute atomic E-state index is 0.187. The average molecular weight is 311 g/mol. The Morgan fingerprint density at radius 2 is 2.24 bits per heavy atom. The van der Waals surface area contributed by atoms with Gasteiger partial charge in [0.25, 0.3) is 0 Å². The van der Waals surface area contributed by atoms with E-state index in [-0.39, 0.29) is 12.1 Å². The zero-order valence-corrected chi connectivity index (χ0v) is 14.1. The van der Waals surface area contributed by atoms with E-state index in [0.717, 1.165) is 37.9 Å². The van der Waals surface area contributed by atoms with Gasteiger partial charge in [-0.3, -0.25) is 0 Å². The van der Waals surface area contributed by atoms with Crippen molar-refractivity contribution < 1.29 is 9.53 Å². The van der Waals surface area contributed by atoms with Crippen molar-refractivity contribution in [3.63, 3.8) is 0 Å². The van der Waals surface area contributed by atoms with Gasteiger partial charge in [0.05, 0.1) is 5.69 Å². The number of nitrogen functional groups attached to an aromatic ring is 1. The molecule has 0 saturated carbocycles. The highest BCUT2D eigenvalue weighted by Crippen LogP contribution is 2.30. The lowest BCUT2D eigenvalue weighted by Gasteiger charge is -2.35. The molecule has 1 aromatic rings. The molecule has 0 bridgehead atoms. The number of ether oxygens (including phenoxy) is 1. The summed E-state index contributed by atoms with van der Waals surface area (Å²) in [6.45, 7) is 8.51. The highest BCUT2D eigenvalue weighted by molar-refractivity contribution is 7.15. The average Bonchev–Trinajstić information content (AvgIpc) is 2.72. The smallest absolute Gasteiger partial charge is 0.410 e. The lowest BCUT2D eigenvalue weighted by molar-refractivity contribution is 0.0147. The van der Waals surface area contributed by atoms with Crippen LogP contribution in [0.1, 0.15) is 51.1 Å². The van der Waals surface area contributed by atoms with Crippen molar-refractivity contribution in [2.45, 2.75) is 65.0 Å². The third kappa shape index (κ3) is 4.09. The molecule has 1 aromatic heterocycles. The fourth-order valence-corrected chi connectivity index (χ4v) is 3.58. The summed E-state index contributed by atoms with van der Waals surface area (Å²) in [6, 6.07) is 0.187. The summed E-state index contributed by atoms with van der Waals surface area (Å²) < 4.78 is 5.55. The monoisotopic (exact) mass is 311 g/mol. The van der Waals surface area contributed by atoms with Gasteiger partial charge < -0.3 is 15.4 Å². The van der Waals surface area contributed by atoms with Crippen LogP contribution in [-0.2, 0) is 17.6 Å². The number of aromatic nitrogens is 1. The number of carbonyl (C=O) groups is 1. The third-order valence-electron chi connectivity index (χ3n) is 3.46. The standard InChI is InChI=1S/C15H25N3O2S/c1-5-8-18(14(19)20-15(2,3)4)10-6-7-11-12(9-10)21-13(16)17-11/h10H,5-9H2,1-4H3,(H2,16,17)/t10-/m0/s1. The van der Waals surface area contributed by atoms with Crippen molar-refractivity contribution in [2.75, 3.05) is 12.3 Å². The van der Waals surface area contributed by atoms with Crippen LogP contribution in [0.2, 0.25) is 0 Å². The lowest BCUT2D eigenvalue weighted by atomic mass is 9.96. The number of thiazole rings is 1. The molecule has 0 saturated heterocycles. The predicted molar refractivity (Wildman–Crippen MR) is 85.6 cm³/mol. The van der Waals surface area contributed by atoms with E-state index in [0.29, 0.717) is 5.13 Å². The lowest BCUT2D eigenvalue weighted by Crippen LogP contribution is -2.46. The van der Waals surface area contributed by atoms with Gasteiger partial charge in [-0.05, 0) is 40.0 Å². The molecule has 2 rings (SSSR count). The maximum absolute atomic E-state index is 12.4. The molecule has 6 heteroatoms. The quantitative estimate of drug-likeness (QED) is 0.930. The number of fused-ring (bicyclic) bond motifs is 1. The number of hydrogen-bond acceptors (Lipinski definition) is 5. The first-order valence-electron chi connectivity index (χ1n) is 7.54. The van der Waals surface area contributed by atoms with Crippen molar-refractivity contribution in [1.29, 1.82) is 0 Å². The van der Waals surface area contributed by atoms with E-state index in [1.54, 1.807) is 11.3 Å². The van der Waals surface area contributed by atoms with Crippen molar-refractivity contribution in [3.05, 3.63) is 10.6 Å².